The SMILES string of the molecule is CCC1CCCC(C(=O)O)(c2cccc(Cl)c2)C1=O. The van der Waals surface area contributed by atoms with Crippen molar-refractivity contribution in [2.24, 2.45) is 5.92 Å². The fraction of sp³-hybridized carbons (Fsp3) is 0.467. The summed E-state index contributed by atoms with van der Waals surface area (Å²) in [5.41, 5.74) is -0.903. The summed E-state index contributed by atoms with van der Waals surface area (Å²) in [6.45, 7) is 1.93. The first-order valence-corrected chi connectivity index (χ1v) is 6.94. The van der Waals surface area contributed by atoms with Crippen LogP contribution in [-0.2, 0) is 15.0 Å². The molecule has 1 aliphatic carbocycles. The predicted molar refractivity (Wildman–Crippen MR) is 73.4 cm³/mol. The Balaban J connectivity index is 2.54. The first-order valence-electron chi connectivity index (χ1n) is 6.56. The van der Waals surface area contributed by atoms with Crippen molar-refractivity contribution in [3.8, 4) is 0 Å². The Hall–Kier alpha value is -1.35. The van der Waals surface area contributed by atoms with Gasteiger partial charge in [0, 0.05) is 10.9 Å². The highest BCUT2D eigenvalue weighted by molar-refractivity contribution is 6.30. The average Bonchev–Trinajstić information content (AvgIpc) is 2.38. The maximum Gasteiger partial charge on any atom is 0.321 e. The molecule has 0 spiro atoms. The lowest BCUT2D eigenvalue weighted by Gasteiger charge is -2.36. The molecule has 2 unspecified atom stereocenters. The van der Waals surface area contributed by atoms with E-state index in [9.17, 15) is 14.7 Å². The standard InChI is InChI=1S/C15H17ClO3/c1-2-10-5-4-8-15(13(10)17,14(18)19)11-6-3-7-12(16)9-11/h3,6-7,9-10H,2,4-5,8H2,1H3,(H,18,19). The Morgan fingerprint density at radius 2 is 2.26 bits per heavy atom. The van der Waals surface area contributed by atoms with Crippen LogP contribution in [0.4, 0.5) is 0 Å². The molecule has 4 heteroatoms. The molecule has 0 aromatic heterocycles. The second-order valence-corrected chi connectivity index (χ2v) is 5.52. The zero-order valence-electron chi connectivity index (χ0n) is 10.9. The number of ketones is 1. The third-order valence-electron chi connectivity index (χ3n) is 4.07. The van der Waals surface area contributed by atoms with Crippen LogP contribution in [-0.4, -0.2) is 16.9 Å². The highest BCUT2D eigenvalue weighted by atomic mass is 35.5. The molecule has 0 heterocycles. The van der Waals surface area contributed by atoms with Gasteiger partial charge in [0.15, 0.2) is 11.2 Å². The lowest BCUT2D eigenvalue weighted by molar-refractivity contribution is -0.152. The molecule has 2 rings (SSSR count). The number of carbonyl (C=O) groups excluding carboxylic acids is 1. The van der Waals surface area contributed by atoms with Crippen LogP contribution in [0.5, 0.6) is 0 Å². The topological polar surface area (TPSA) is 54.4 Å². The van der Waals surface area contributed by atoms with E-state index in [0.717, 1.165) is 12.8 Å². The molecule has 102 valence electrons. The van der Waals surface area contributed by atoms with Gasteiger partial charge in [-0.25, -0.2) is 0 Å². The third kappa shape index (κ3) is 2.27. The smallest absolute Gasteiger partial charge is 0.321 e. The molecule has 1 fully saturated rings. The summed E-state index contributed by atoms with van der Waals surface area (Å²) in [6.07, 6.45) is 2.58. The minimum absolute atomic E-state index is 0.163. The lowest BCUT2D eigenvalue weighted by atomic mass is 9.64. The van der Waals surface area contributed by atoms with Crippen molar-refractivity contribution in [1.29, 1.82) is 0 Å². The second kappa shape index (κ2) is 5.33. The van der Waals surface area contributed by atoms with E-state index in [-0.39, 0.29) is 11.7 Å². The van der Waals surface area contributed by atoms with E-state index < -0.39 is 11.4 Å². The van der Waals surface area contributed by atoms with E-state index in [1.165, 1.54) is 0 Å². The average molecular weight is 281 g/mol. The first-order chi connectivity index (χ1) is 9.02. The van der Waals surface area contributed by atoms with Crippen LogP contribution in [0.2, 0.25) is 5.02 Å². The number of hydrogen-bond acceptors (Lipinski definition) is 2. The molecule has 0 radical (unpaired) electrons. The largest absolute Gasteiger partial charge is 0.480 e. The highest BCUT2D eigenvalue weighted by Gasteiger charge is 2.51. The number of halogens is 1. The Bertz CT molecular complexity index is 512. The van der Waals surface area contributed by atoms with E-state index in [0.29, 0.717) is 23.4 Å². The number of carboxylic acids is 1. The Labute approximate surface area is 117 Å². The van der Waals surface area contributed by atoms with Crippen LogP contribution in [0.25, 0.3) is 0 Å². The van der Waals surface area contributed by atoms with Crippen molar-refractivity contribution in [3.05, 3.63) is 34.9 Å². The number of benzene rings is 1. The van der Waals surface area contributed by atoms with Crippen molar-refractivity contribution in [2.75, 3.05) is 0 Å². The van der Waals surface area contributed by atoms with Crippen molar-refractivity contribution >= 4 is 23.4 Å². The van der Waals surface area contributed by atoms with Crippen molar-refractivity contribution in [2.45, 2.75) is 38.0 Å². The Kier molecular flexibility index (Phi) is 3.95. The maximum atomic E-state index is 12.6. The summed E-state index contributed by atoms with van der Waals surface area (Å²) < 4.78 is 0. The highest BCUT2D eigenvalue weighted by Crippen LogP contribution is 2.41. The number of rotatable bonds is 3. The van der Waals surface area contributed by atoms with E-state index in [4.69, 9.17) is 11.6 Å². The van der Waals surface area contributed by atoms with Gasteiger partial charge >= 0.3 is 5.97 Å². The minimum atomic E-state index is -1.41. The van der Waals surface area contributed by atoms with E-state index in [1.807, 2.05) is 6.92 Å². The van der Waals surface area contributed by atoms with Crippen LogP contribution >= 0.6 is 11.6 Å². The summed E-state index contributed by atoms with van der Waals surface area (Å²) >= 11 is 5.94. The summed E-state index contributed by atoms with van der Waals surface area (Å²) in [5.74, 6) is -1.39. The monoisotopic (exact) mass is 280 g/mol. The molecule has 19 heavy (non-hydrogen) atoms. The van der Waals surface area contributed by atoms with Gasteiger partial charge < -0.3 is 5.11 Å². The molecule has 3 nitrogen and oxygen atoms in total. The molecular weight excluding hydrogens is 264 g/mol. The molecule has 1 aliphatic rings. The van der Waals surface area contributed by atoms with Gasteiger partial charge in [0.2, 0.25) is 0 Å². The summed E-state index contributed by atoms with van der Waals surface area (Å²) in [7, 11) is 0. The number of aliphatic carboxylic acids is 1. The number of carboxylic acid groups (broad SMARTS) is 1. The normalized spacial score (nSPS) is 27.3. The number of hydrogen-bond donors (Lipinski definition) is 1. The first kappa shape index (κ1) is 14.1. The van der Waals surface area contributed by atoms with Gasteiger partial charge in [-0.1, -0.05) is 37.1 Å². The lowest BCUT2D eigenvalue weighted by Crippen LogP contribution is -2.49. The zero-order chi connectivity index (χ0) is 14.0. The van der Waals surface area contributed by atoms with Crippen LogP contribution < -0.4 is 0 Å². The van der Waals surface area contributed by atoms with Crippen molar-refractivity contribution < 1.29 is 14.7 Å². The van der Waals surface area contributed by atoms with Gasteiger partial charge in [-0.15, -0.1) is 0 Å². The fourth-order valence-electron chi connectivity index (χ4n) is 2.98. The molecular formula is C15H17ClO3. The summed E-state index contributed by atoms with van der Waals surface area (Å²) in [4.78, 5) is 24.4. The number of Topliss-reactive ketones (excluding diaryl/α,β-unsaturated/α-hetero) is 1. The Morgan fingerprint density at radius 1 is 1.53 bits per heavy atom. The molecule has 1 aromatic carbocycles. The van der Waals surface area contributed by atoms with Crippen molar-refractivity contribution in [3.63, 3.8) is 0 Å². The predicted octanol–water partition coefficient (Wildman–Crippen LogP) is 3.44. The van der Waals surface area contributed by atoms with Gasteiger partial charge in [0.25, 0.3) is 0 Å². The molecule has 1 N–H and O–H groups in total. The van der Waals surface area contributed by atoms with Gasteiger partial charge in [-0.2, -0.15) is 0 Å². The third-order valence-corrected chi connectivity index (χ3v) is 4.31. The second-order valence-electron chi connectivity index (χ2n) is 5.08. The molecule has 1 aromatic rings. The minimum Gasteiger partial charge on any atom is -0.480 e. The number of carbonyl (C=O) groups is 2. The zero-order valence-corrected chi connectivity index (χ0v) is 11.6. The quantitative estimate of drug-likeness (QED) is 0.863. The van der Waals surface area contributed by atoms with Gasteiger partial charge in [0.1, 0.15) is 0 Å². The molecule has 0 aliphatic heterocycles. The van der Waals surface area contributed by atoms with Crippen LogP contribution in [0.3, 0.4) is 0 Å². The molecule has 0 amide bonds. The van der Waals surface area contributed by atoms with E-state index in [2.05, 4.69) is 0 Å². The van der Waals surface area contributed by atoms with Crippen molar-refractivity contribution in [1.82, 2.24) is 0 Å². The Morgan fingerprint density at radius 3 is 2.84 bits per heavy atom. The molecule has 0 saturated heterocycles. The van der Waals surface area contributed by atoms with Gasteiger partial charge in [-0.3, -0.25) is 9.59 Å². The summed E-state index contributed by atoms with van der Waals surface area (Å²) in [5, 5.41) is 10.1. The fourth-order valence-corrected chi connectivity index (χ4v) is 3.17. The molecule has 0 bridgehead atoms. The van der Waals surface area contributed by atoms with E-state index >= 15 is 0 Å². The van der Waals surface area contributed by atoms with Gasteiger partial charge in [0.05, 0.1) is 0 Å². The van der Waals surface area contributed by atoms with E-state index in [1.54, 1.807) is 24.3 Å². The molecule has 2 atom stereocenters. The van der Waals surface area contributed by atoms with Crippen LogP contribution in [0.1, 0.15) is 38.2 Å². The summed E-state index contributed by atoms with van der Waals surface area (Å²) in [6, 6.07) is 6.68. The molecule has 1 saturated carbocycles. The van der Waals surface area contributed by atoms with Gasteiger partial charge in [-0.05, 0) is 37.0 Å². The van der Waals surface area contributed by atoms with Crippen LogP contribution in [0.15, 0.2) is 24.3 Å². The van der Waals surface area contributed by atoms with Crippen LogP contribution in [0, 0.1) is 5.92 Å². The maximum absolute atomic E-state index is 12.6.